The predicted molar refractivity (Wildman–Crippen MR) is 120 cm³/mol. The van der Waals surface area contributed by atoms with E-state index in [4.69, 9.17) is 0 Å². The Kier molecular flexibility index (Phi) is 4.32. The number of pyridine rings is 1. The third-order valence-electron chi connectivity index (χ3n) is 6.33. The van der Waals surface area contributed by atoms with E-state index in [9.17, 15) is 9.18 Å². The molecule has 2 atom stereocenters. The number of benzene rings is 1. The molecule has 0 radical (unpaired) electrons. The summed E-state index contributed by atoms with van der Waals surface area (Å²) in [6.07, 6.45) is 5.64. The number of halogens is 1. The maximum atomic E-state index is 15.0. The zero-order valence-corrected chi connectivity index (χ0v) is 17.5. The summed E-state index contributed by atoms with van der Waals surface area (Å²) in [4.78, 5) is 19.9. The number of piperazine rings is 1. The van der Waals surface area contributed by atoms with Crippen LogP contribution in [0, 0.1) is 12.7 Å². The Bertz CT molecular complexity index is 1350. The van der Waals surface area contributed by atoms with E-state index in [0.717, 1.165) is 42.8 Å². The average Bonchev–Trinajstić information content (AvgIpc) is 3.34. The summed E-state index contributed by atoms with van der Waals surface area (Å²) in [7, 11) is 0. The minimum Gasteiger partial charge on any atom is -0.353 e. The van der Waals surface area contributed by atoms with Gasteiger partial charge in [-0.2, -0.15) is 5.10 Å². The largest absolute Gasteiger partial charge is 0.353 e. The molecular formula is C23H22FN7O. The van der Waals surface area contributed by atoms with E-state index in [0.29, 0.717) is 28.9 Å². The lowest BCUT2D eigenvalue weighted by Gasteiger charge is -2.36. The van der Waals surface area contributed by atoms with Gasteiger partial charge in [-0.05, 0) is 31.9 Å². The van der Waals surface area contributed by atoms with Crippen LogP contribution in [-0.4, -0.2) is 50.7 Å². The van der Waals surface area contributed by atoms with Crippen LogP contribution in [-0.2, 0) is 0 Å². The molecule has 32 heavy (non-hydrogen) atoms. The zero-order chi connectivity index (χ0) is 21.8. The second-order valence-electron chi connectivity index (χ2n) is 8.58. The van der Waals surface area contributed by atoms with Gasteiger partial charge < -0.3 is 15.5 Å². The fourth-order valence-electron chi connectivity index (χ4n) is 4.98. The van der Waals surface area contributed by atoms with Gasteiger partial charge in [0.25, 0.3) is 5.91 Å². The van der Waals surface area contributed by atoms with Gasteiger partial charge in [0, 0.05) is 42.8 Å². The van der Waals surface area contributed by atoms with Crippen LogP contribution in [0.5, 0.6) is 0 Å². The number of imidazole rings is 1. The van der Waals surface area contributed by atoms with E-state index in [1.165, 1.54) is 6.07 Å². The van der Waals surface area contributed by atoms with Crippen molar-refractivity contribution in [2.45, 2.75) is 31.8 Å². The van der Waals surface area contributed by atoms with Crippen LogP contribution in [0.2, 0.25) is 0 Å². The first-order valence-corrected chi connectivity index (χ1v) is 10.8. The molecule has 2 N–H and O–H groups in total. The van der Waals surface area contributed by atoms with Crippen LogP contribution in [0.1, 0.15) is 28.9 Å². The minimum absolute atomic E-state index is 0.261. The fourth-order valence-corrected chi connectivity index (χ4v) is 4.98. The molecule has 2 aliphatic rings. The Labute approximate surface area is 183 Å². The van der Waals surface area contributed by atoms with Crippen LogP contribution in [0.15, 0.2) is 42.7 Å². The molecule has 0 aliphatic carbocycles. The van der Waals surface area contributed by atoms with Crippen molar-refractivity contribution < 1.29 is 9.18 Å². The predicted octanol–water partition coefficient (Wildman–Crippen LogP) is 2.92. The summed E-state index contributed by atoms with van der Waals surface area (Å²) in [5, 5.41) is 15.4. The van der Waals surface area contributed by atoms with E-state index >= 15 is 0 Å². The maximum Gasteiger partial charge on any atom is 0.258 e. The standard InChI is InChI=1S/C23H22FN7O/c1-13-10-31-21(26-13)18(24)9-19(23(31)30-11-15-5-6-16(12-30)27-15)28-22(32)17-4-2-3-14-7-8-25-29-20(14)17/h2-4,7-10,15-16,27H,5-6,11-12H2,1H3,(H,28,32)/t15-,16+. The first-order chi connectivity index (χ1) is 15.6. The smallest absolute Gasteiger partial charge is 0.258 e. The lowest BCUT2D eigenvalue weighted by molar-refractivity contribution is 0.102. The summed E-state index contributed by atoms with van der Waals surface area (Å²) >= 11 is 0. The number of nitrogens with zero attached hydrogens (tertiary/aromatic N) is 5. The number of fused-ring (bicyclic) bond motifs is 4. The van der Waals surface area contributed by atoms with Gasteiger partial charge in [-0.3, -0.25) is 9.20 Å². The van der Waals surface area contributed by atoms with Gasteiger partial charge in [0.05, 0.1) is 23.1 Å². The topological polar surface area (TPSA) is 87.5 Å². The Morgan fingerprint density at radius 3 is 2.84 bits per heavy atom. The summed E-state index contributed by atoms with van der Waals surface area (Å²) in [5.74, 6) is -0.0842. The normalized spacial score (nSPS) is 20.2. The highest BCUT2D eigenvalue weighted by Gasteiger charge is 2.34. The number of carbonyl (C=O) groups is 1. The SMILES string of the molecule is Cc1cn2c(N3C[C@H]4CC[C@@H](C3)N4)c(NC(=O)c3cccc4ccnnc34)cc(F)c2n1. The minimum atomic E-state index is -0.479. The molecule has 0 unspecified atom stereocenters. The van der Waals surface area contributed by atoms with Gasteiger partial charge in [0.1, 0.15) is 11.3 Å². The van der Waals surface area contributed by atoms with E-state index < -0.39 is 5.82 Å². The van der Waals surface area contributed by atoms with Crippen molar-refractivity contribution in [3.8, 4) is 0 Å². The molecule has 2 aliphatic heterocycles. The number of aryl methyl sites for hydroxylation is 1. The number of amides is 1. The Balaban J connectivity index is 1.46. The number of hydrogen-bond donors (Lipinski definition) is 2. The van der Waals surface area contributed by atoms with Crippen LogP contribution < -0.4 is 15.5 Å². The van der Waals surface area contributed by atoms with E-state index in [1.807, 2.05) is 19.2 Å². The van der Waals surface area contributed by atoms with Crippen molar-refractivity contribution in [2.75, 3.05) is 23.3 Å². The number of hydrogen-bond acceptors (Lipinski definition) is 6. The molecule has 2 fully saturated rings. The van der Waals surface area contributed by atoms with Crippen molar-refractivity contribution >= 4 is 34.0 Å². The molecule has 2 bridgehead atoms. The Hall–Kier alpha value is -3.59. The fraction of sp³-hybridized carbons (Fsp3) is 0.304. The van der Waals surface area contributed by atoms with Gasteiger partial charge in [0.15, 0.2) is 11.5 Å². The van der Waals surface area contributed by atoms with E-state index in [-0.39, 0.29) is 11.6 Å². The highest BCUT2D eigenvalue weighted by Crippen LogP contribution is 2.34. The molecule has 4 aromatic rings. The van der Waals surface area contributed by atoms with Crippen molar-refractivity contribution in [3.05, 3.63) is 59.8 Å². The monoisotopic (exact) mass is 431 g/mol. The van der Waals surface area contributed by atoms with Gasteiger partial charge in [-0.25, -0.2) is 9.37 Å². The number of aromatic nitrogens is 4. The lowest BCUT2D eigenvalue weighted by atomic mass is 10.1. The van der Waals surface area contributed by atoms with Crippen molar-refractivity contribution in [1.29, 1.82) is 0 Å². The second kappa shape index (κ2) is 7.23. The van der Waals surface area contributed by atoms with Crippen molar-refractivity contribution in [3.63, 3.8) is 0 Å². The lowest BCUT2D eigenvalue weighted by Crippen LogP contribution is -2.51. The van der Waals surface area contributed by atoms with Crippen LogP contribution >= 0.6 is 0 Å². The Morgan fingerprint density at radius 1 is 1.22 bits per heavy atom. The van der Waals surface area contributed by atoms with E-state index in [2.05, 4.69) is 30.7 Å². The molecule has 0 saturated carbocycles. The Morgan fingerprint density at radius 2 is 2.03 bits per heavy atom. The molecule has 3 aromatic heterocycles. The quantitative estimate of drug-likeness (QED) is 0.519. The van der Waals surface area contributed by atoms with Crippen molar-refractivity contribution in [2.24, 2.45) is 0 Å². The van der Waals surface area contributed by atoms with Gasteiger partial charge >= 0.3 is 0 Å². The maximum absolute atomic E-state index is 15.0. The van der Waals surface area contributed by atoms with Crippen LogP contribution in [0.25, 0.3) is 16.6 Å². The van der Waals surface area contributed by atoms with Gasteiger partial charge in [0.2, 0.25) is 0 Å². The van der Waals surface area contributed by atoms with Crippen LogP contribution in [0.4, 0.5) is 15.9 Å². The summed E-state index contributed by atoms with van der Waals surface area (Å²) in [6.45, 7) is 3.42. The highest BCUT2D eigenvalue weighted by atomic mass is 19.1. The number of anilines is 2. The molecule has 1 amide bonds. The third kappa shape index (κ3) is 3.08. The summed E-state index contributed by atoms with van der Waals surface area (Å²) < 4.78 is 16.7. The molecule has 0 spiro atoms. The van der Waals surface area contributed by atoms with Crippen molar-refractivity contribution in [1.82, 2.24) is 24.9 Å². The highest BCUT2D eigenvalue weighted by molar-refractivity contribution is 6.12. The first-order valence-electron chi connectivity index (χ1n) is 10.8. The molecule has 5 heterocycles. The second-order valence-corrected chi connectivity index (χ2v) is 8.58. The first kappa shape index (κ1) is 19.1. The number of nitrogens with one attached hydrogen (secondary N) is 2. The molecule has 2 saturated heterocycles. The molecule has 162 valence electrons. The van der Waals surface area contributed by atoms with Gasteiger partial charge in [-0.15, -0.1) is 5.10 Å². The summed E-state index contributed by atoms with van der Waals surface area (Å²) in [5.41, 5.74) is 2.30. The van der Waals surface area contributed by atoms with Crippen LogP contribution in [0.3, 0.4) is 0 Å². The number of carbonyl (C=O) groups excluding carboxylic acids is 1. The van der Waals surface area contributed by atoms with Gasteiger partial charge in [-0.1, -0.05) is 12.1 Å². The molecule has 9 heteroatoms. The molecule has 1 aromatic carbocycles. The summed E-state index contributed by atoms with van der Waals surface area (Å²) in [6, 6.07) is 9.33. The average molecular weight is 431 g/mol. The molecule has 8 nitrogen and oxygen atoms in total. The molecule has 6 rings (SSSR count). The zero-order valence-electron chi connectivity index (χ0n) is 17.5. The number of rotatable bonds is 3. The molecular weight excluding hydrogens is 409 g/mol. The van der Waals surface area contributed by atoms with E-state index in [1.54, 1.807) is 28.8 Å². The third-order valence-corrected chi connectivity index (χ3v) is 6.33.